The van der Waals surface area contributed by atoms with Crippen molar-refractivity contribution in [3.8, 4) is 0 Å². The molecule has 94 valence electrons. The Morgan fingerprint density at radius 3 is 2.71 bits per heavy atom. The summed E-state index contributed by atoms with van der Waals surface area (Å²) in [7, 11) is -3.44. The zero-order chi connectivity index (χ0) is 12.6. The quantitative estimate of drug-likeness (QED) is 0.831. The van der Waals surface area contributed by atoms with Gasteiger partial charge in [0.25, 0.3) is 0 Å². The van der Waals surface area contributed by atoms with Crippen LogP contribution >= 0.6 is 27.5 Å². The van der Waals surface area contributed by atoms with Gasteiger partial charge in [0.05, 0.1) is 5.02 Å². The van der Waals surface area contributed by atoms with E-state index in [-0.39, 0.29) is 9.92 Å². The zero-order valence-corrected chi connectivity index (χ0v) is 12.5. The average molecular weight is 339 g/mol. The van der Waals surface area contributed by atoms with Crippen molar-refractivity contribution in [3.05, 3.63) is 27.7 Å². The predicted octanol–water partition coefficient (Wildman–Crippen LogP) is 3.13. The summed E-state index contributed by atoms with van der Waals surface area (Å²) in [6, 6.07) is 4.84. The van der Waals surface area contributed by atoms with Crippen LogP contribution in [0, 0.1) is 5.92 Å². The highest BCUT2D eigenvalue weighted by molar-refractivity contribution is 9.10. The summed E-state index contributed by atoms with van der Waals surface area (Å²) in [6.07, 6.45) is 0.910. The van der Waals surface area contributed by atoms with Crippen molar-refractivity contribution in [3.63, 3.8) is 0 Å². The van der Waals surface area contributed by atoms with Crippen LogP contribution in [0.1, 0.15) is 13.3 Å². The summed E-state index contributed by atoms with van der Waals surface area (Å²) in [6.45, 7) is 3.21. The van der Waals surface area contributed by atoms with E-state index in [0.717, 1.165) is 10.9 Å². The minimum atomic E-state index is -3.44. The standard InChI is InChI=1S/C11H13BrClNO2S/c1-8-4-5-14(7-8)17(15,16)11-3-2-9(12)6-10(11)13/h2-3,6,8H,4-5,7H2,1H3. The van der Waals surface area contributed by atoms with E-state index in [0.29, 0.717) is 19.0 Å². The molecule has 0 bridgehead atoms. The van der Waals surface area contributed by atoms with Gasteiger partial charge in [0, 0.05) is 17.6 Å². The largest absolute Gasteiger partial charge is 0.244 e. The van der Waals surface area contributed by atoms with Crippen LogP contribution in [0.5, 0.6) is 0 Å². The number of hydrogen-bond acceptors (Lipinski definition) is 2. The Bertz CT molecular complexity index is 532. The first-order valence-corrected chi connectivity index (χ1v) is 7.97. The molecule has 1 fully saturated rings. The monoisotopic (exact) mass is 337 g/mol. The number of sulfonamides is 1. The fourth-order valence-corrected chi connectivity index (χ4v) is 4.52. The molecule has 0 radical (unpaired) electrons. The molecule has 1 aliphatic heterocycles. The highest BCUT2D eigenvalue weighted by Gasteiger charge is 2.31. The number of rotatable bonds is 2. The Balaban J connectivity index is 2.38. The Hall–Kier alpha value is -0.100. The van der Waals surface area contributed by atoms with Crippen LogP contribution < -0.4 is 0 Å². The number of hydrogen-bond donors (Lipinski definition) is 0. The van der Waals surface area contributed by atoms with Crippen LogP contribution in [0.3, 0.4) is 0 Å². The molecule has 1 aromatic carbocycles. The fraction of sp³-hybridized carbons (Fsp3) is 0.455. The third-order valence-corrected chi connectivity index (χ3v) is 5.74. The van der Waals surface area contributed by atoms with Gasteiger partial charge in [0.1, 0.15) is 4.90 Å². The van der Waals surface area contributed by atoms with Gasteiger partial charge in [-0.15, -0.1) is 0 Å². The lowest BCUT2D eigenvalue weighted by atomic mass is 10.2. The molecule has 3 nitrogen and oxygen atoms in total. The van der Waals surface area contributed by atoms with Gasteiger partial charge in [-0.3, -0.25) is 0 Å². The molecule has 6 heteroatoms. The third-order valence-electron chi connectivity index (χ3n) is 2.90. The van der Waals surface area contributed by atoms with Gasteiger partial charge in [-0.05, 0) is 30.5 Å². The molecule has 2 rings (SSSR count). The second kappa shape index (κ2) is 4.88. The maximum Gasteiger partial charge on any atom is 0.244 e. The molecule has 0 amide bonds. The van der Waals surface area contributed by atoms with Crippen molar-refractivity contribution >= 4 is 37.6 Å². The van der Waals surface area contributed by atoms with Gasteiger partial charge >= 0.3 is 0 Å². The molecule has 0 aromatic heterocycles. The molecular weight excluding hydrogens is 326 g/mol. The van der Waals surface area contributed by atoms with Gasteiger partial charge in [0.15, 0.2) is 0 Å². The zero-order valence-electron chi connectivity index (χ0n) is 9.36. The van der Waals surface area contributed by atoms with Crippen LogP contribution in [-0.2, 0) is 10.0 Å². The van der Waals surface area contributed by atoms with Gasteiger partial charge in [0.2, 0.25) is 10.0 Å². The summed E-state index contributed by atoms with van der Waals surface area (Å²) in [5, 5.41) is 0.263. The van der Waals surface area contributed by atoms with Gasteiger partial charge in [-0.1, -0.05) is 34.5 Å². The topological polar surface area (TPSA) is 37.4 Å². The van der Waals surface area contributed by atoms with E-state index >= 15 is 0 Å². The molecule has 1 aromatic rings. The van der Waals surface area contributed by atoms with Crippen LogP contribution in [-0.4, -0.2) is 25.8 Å². The summed E-state index contributed by atoms with van der Waals surface area (Å²) < 4.78 is 27.0. The van der Waals surface area contributed by atoms with Crippen LogP contribution in [0.15, 0.2) is 27.6 Å². The van der Waals surface area contributed by atoms with Gasteiger partial charge in [-0.2, -0.15) is 4.31 Å². The highest BCUT2D eigenvalue weighted by Crippen LogP contribution is 2.30. The Kier molecular flexibility index (Phi) is 3.83. The third kappa shape index (κ3) is 2.67. The second-order valence-electron chi connectivity index (χ2n) is 4.33. The Morgan fingerprint density at radius 2 is 2.18 bits per heavy atom. The molecule has 0 aliphatic carbocycles. The number of benzene rings is 1. The molecular formula is C11H13BrClNO2S. The van der Waals surface area contributed by atoms with Crippen molar-refractivity contribution in [2.75, 3.05) is 13.1 Å². The maximum absolute atomic E-state index is 12.3. The van der Waals surface area contributed by atoms with E-state index in [1.165, 1.54) is 4.31 Å². The van der Waals surface area contributed by atoms with E-state index in [9.17, 15) is 8.42 Å². The molecule has 0 saturated carbocycles. The summed E-state index contributed by atoms with van der Waals surface area (Å²) in [5.74, 6) is 0.416. The molecule has 0 spiro atoms. The first kappa shape index (κ1) is 13.3. The van der Waals surface area contributed by atoms with Gasteiger partial charge in [-0.25, -0.2) is 8.42 Å². The van der Waals surface area contributed by atoms with Crippen molar-refractivity contribution in [2.24, 2.45) is 5.92 Å². The lowest BCUT2D eigenvalue weighted by Gasteiger charge is -2.17. The predicted molar refractivity (Wildman–Crippen MR) is 71.7 cm³/mol. The smallest absolute Gasteiger partial charge is 0.207 e. The number of nitrogens with zero attached hydrogens (tertiary/aromatic N) is 1. The molecule has 1 unspecified atom stereocenters. The van der Waals surface area contributed by atoms with E-state index < -0.39 is 10.0 Å². The molecule has 17 heavy (non-hydrogen) atoms. The lowest BCUT2D eigenvalue weighted by Crippen LogP contribution is -2.28. The average Bonchev–Trinajstić information content (AvgIpc) is 2.64. The summed E-state index contributed by atoms with van der Waals surface area (Å²) in [5.41, 5.74) is 0. The van der Waals surface area contributed by atoms with Crippen LogP contribution in [0.25, 0.3) is 0 Å². The van der Waals surface area contributed by atoms with E-state index in [1.54, 1.807) is 18.2 Å². The molecule has 1 saturated heterocycles. The normalized spacial score (nSPS) is 21.9. The van der Waals surface area contributed by atoms with Gasteiger partial charge < -0.3 is 0 Å². The van der Waals surface area contributed by atoms with Crippen molar-refractivity contribution < 1.29 is 8.42 Å². The van der Waals surface area contributed by atoms with E-state index in [1.807, 2.05) is 0 Å². The minimum absolute atomic E-state index is 0.191. The minimum Gasteiger partial charge on any atom is -0.207 e. The van der Waals surface area contributed by atoms with Crippen LogP contribution in [0.2, 0.25) is 5.02 Å². The summed E-state index contributed by atoms with van der Waals surface area (Å²) in [4.78, 5) is 0.191. The Morgan fingerprint density at radius 1 is 1.47 bits per heavy atom. The van der Waals surface area contributed by atoms with E-state index in [4.69, 9.17) is 11.6 Å². The maximum atomic E-state index is 12.3. The fourth-order valence-electron chi connectivity index (χ4n) is 1.94. The molecule has 1 atom stereocenters. The molecule has 1 aliphatic rings. The Labute approximate surface area is 115 Å². The van der Waals surface area contributed by atoms with E-state index in [2.05, 4.69) is 22.9 Å². The first-order chi connectivity index (χ1) is 7.91. The van der Waals surface area contributed by atoms with Crippen molar-refractivity contribution in [1.82, 2.24) is 4.31 Å². The van der Waals surface area contributed by atoms with Crippen molar-refractivity contribution in [2.45, 2.75) is 18.2 Å². The SMILES string of the molecule is CC1CCN(S(=O)(=O)c2ccc(Br)cc2Cl)C1. The number of halogens is 2. The van der Waals surface area contributed by atoms with Crippen molar-refractivity contribution in [1.29, 1.82) is 0 Å². The highest BCUT2D eigenvalue weighted by atomic mass is 79.9. The lowest BCUT2D eigenvalue weighted by molar-refractivity contribution is 0.464. The first-order valence-electron chi connectivity index (χ1n) is 5.36. The second-order valence-corrected chi connectivity index (χ2v) is 7.56. The summed E-state index contributed by atoms with van der Waals surface area (Å²) >= 11 is 9.26. The molecule has 0 N–H and O–H groups in total. The molecule has 1 heterocycles. The van der Waals surface area contributed by atoms with Crippen LogP contribution in [0.4, 0.5) is 0 Å².